The summed E-state index contributed by atoms with van der Waals surface area (Å²) in [4.78, 5) is 24.8. The van der Waals surface area contributed by atoms with Gasteiger partial charge in [0.2, 0.25) is 5.82 Å². The summed E-state index contributed by atoms with van der Waals surface area (Å²) >= 11 is 0. The fourth-order valence-corrected chi connectivity index (χ4v) is 4.93. The summed E-state index contributed by atoms with van der Waals surface area (Å²) in [5, 5.41) is 13.0. The van der Waals surface area contributed by atoms with E-state index in [1.807, 2.05) is 6.92 Å². The lowest BCUT2D eigenvalue weighted by atomic mass is 9.80. The lowest BCUT2D eigenvalue weighted by Gasteiger charge is -2.32. The van der Waals surface area contributed by atoms with Crippen LogP contribution in [0.5, 0.6) is 5.75 Å². The molecule has 0 saturated heterocycles. The number of carboxylic acids is 1. The molecule has 2 aromatic carbocycles. The number of fused-ring (bicyclic) bond motifs is 1. The Morgan fingerprint density at radius 3 is 2.31 bits per heavy atom. The van der Waals surface area contributed by atoms with Gasteiger partial charge in [0, 0.05) is 18.2 Å². The maximum atomic E-state index is 13.2. The Hall–Kier alpha value is -4.36. The number of carboxylic acid groups (broad SMARTS) is 1. The third kappa shape index (κ3) is 6.11. The molecule has 0 bridgehead atoms. The molecule has 2 heterocycles. The summed E-state index contributed by atoms with van der Waals surface area (Å²) in [6.07, 6.45) is -6.39. The van der Waals surface area contributed by atoms with Gasteiger partial charge in [-0.25, -0.2) is 19.7 Å². The van der Waals surface area contributed by atoms with E-state index in [-0.39, 0.29) is 29.9 Å². The van der Waals surface area contributed by atoms with Gasteiger partial charge >= 0.3 is 18.5 Å². The van der Waals surface area contributed by atoms with Gasteiger partial charge in [-0.1, -0.05) is 18.6 Å². The molecule has 1 saturated carbocycles. The first-order valence-electron chi connectivity index (χ1n) is 13.0. The number of nitrogens with one attached hydrogen (secondary N) is 1. The molecule has 0 radical (unpaired) electrons. The molecular formula is C28H25F6N5O3. The number of aromatic nitrogens is 4. The lowest BCUT2D eigenvalue weighted by molar-refractivity contribution is -0.274. The van der Waals surface area contributed by atoms with Gasteiger partial charge in [0.15, 0.2) is 11.5 Å². The first-order chi connectivity index (χ1) is 19.7. The number of rotatable bonds is 8. The highest BCUT2D eigenvalue weighted by Crippen LogP contribution is 2.36. The van der Waals surface area contributed by atoms with Crippen LogP contribution in [0.3, 0.4) is 0 Å². The molecule has 14 heteroatoms. The minimum absolute atomic E-state index is 0.00244. The van der Waals surface area contributed by atoms with Crippen molar-refractivity contribution in [1.29, 1.82) is 0 Å². The normalized spacial score (nSPS) is 15.0. The minimum Gasteiger partial charge on any atom is -0.475 e. The molecule has 8 nitrogen and oxygen atoms in total. The molecule has 0 spiro atoms. The van der Waals surface area contributed by atoms with Gasteiger partial charge in [-0.2, -0.15) is 13.2 Å². The van der Waals surface area contributed by atoms with Crippen LogP contribution < -0.4 is 10.1 Å². The summed E-state index contributed by atoms with van der Waals surface area (Å²) in [6, 6.07) is 8.08. The van der Waals surface area contributed by atoms with E-state index in [9.17, 15) is 36.2 Å². The summed E-state index contributed by atoms with van der Waals surface area (Å²) in [6.45, 7) is 3.47. The van der Waals surface area contributed by atoms with E-state index >= 15 is 0 Å². The molecule has 2 N–H and O–H groups in total. The van der Waals surface area contributed by atoms with E-state index in [1.165, 1.54) is 24.3 Å². The van der Waals surface area contributed by atoms with E-state index in [0.29, 0.717) is 28.1 Å². The zero-order valence-corrected chi connectivity index (χ0v) is 22.3. The molecule has 1 aliphatic carbocycles. The van der Waals surface area contributed by atoms with E-state index in [0.717, 1.165) is 37.5 Å². The Kier molecular flexibility index (Phi) is 7.50. The Morgan fingerprint density at radius 1 is 1.07 bits per heavy atom. The molecule has 5 rings (SSSR count). The van der Waals surface area contributed by atoms with Crippen LogP contribution in [0.25, 0.3) is 22.6 Å². The number of alkyl halides is 6. The average Bonchev–Trinajstić information content (AvgIpc) is 3.19. The van der Waals surface area contributed by atoms with Crippen LogP contribution in [0.15, 0.2) is 42.5 Å². The third-order valence-corrected chi connectivity index (χ3v) is 7.31. The van der Waals surface area contributed by atoms with Gasteiger partial charge in [0.05, 0.1) is 5.56 Å². The Labute approximate surface area is 235 Å². The fraction of sp³-hybridized carbons (Fsp3) is 0.357. The van der Waals surface area contributed by atoms with Crippen molar-refractivity contribution in [2.24, 2.45) is 5.92 Å². The number of halogens is 6. The fourth-order valence-electron chi connectivity index (χ4n) is 4.93. The second-order valence-electron chi connectivity index (χ2n) is 10.2. The van der Waals surface area contributed by atoms with Crippen LogP contribution in [0.1, 0.15) is 53.5 Å². The summed E-state index contributed by atoms with van der Waals surface area (Å²) in [5.74, 6) is -1.63. The number of anilines is 1. The quantitative estimate of drug-likeness (QED) is 0.211. The molecule has 2 aromatic heterocycles. The molecule has 42 heavy (non-hydrogen) atoms. The SMILES string of the molecule is Cc1cc(OC(F)(F)F)ccc1-c1nc2nc(C(=O)O)nc(N[C@H](C)C3CCC3)c2n1Cc1ccc(C(F)(F)F)cc1. The van der Waals surface area contributed by atoms with Crippen LogP contribution in [-0.4, -0.2) is 43.0 Å². The monoisotopic (exact) mass is 593 g/mol. The molecule has 0 amide bonds. The molecule has 1 aliphatic rings. The van der Waals surface area contributed by atoms with Gasteiger partial charge in [-0.15, -0.1) is 13.2 Å². The van der Waals surface area contributed by atoms with Crippen molar-refractivity contribution < 1.29 is 41.0 Å². The molecule has 0 aliphatic heterocycles. The largest absolute Gasteiger partial charge is 0.573 e. The Balaban J connectivity index is 1.68. The molecule has 1 fully saturated rings. The van der Waals surface area contributed by atoms with Gasteiger partial charge in [0.25, 0.3) is 0 Å². The van der Waals surface area contributed by atoms with Gasteiger partial charge < -0.3 is 19.7 Å². The molecular weight excluding hydrogens is 568 g/mol. The van der Waals surface area contributed by atoms with Crippen molar-refractivity contribution in [3.8, 4) is 17.1 Å². The zero-order chi connectivity index (χ0) is 30.4. The summed E-state index contributed by atoms with van der Waals surface area (Å²) in [7, 11) is 0. The maximum Gasteiger partial charge on any atom is 0.573 e. The molecule has 4 aromatic rings. The summed E-state index contributed by atoms with van der Waals surface area (Å²) in [5.41, 5.74) is 0.662. The third-order valence-electron chi connectivity index (χ3n) is 7.31. The van der Waals surface area contributed by atoms with E-state index in [1.54, 1.807) is 11.5 Å². The van der Waals surface area contributed by atoms with Crippen molar-refractivity contribution in [2.75, 3.05) is 5.32 Å². The van der Waals surface area contributed by atoms with Crippen LogP contribution >= 0.6 is 0 Å². The van der Waals surface area contributed by atoms with Gasteiger partial charge in [-0.05, 0) is 74.1 Å². The number of nitrogens with zero attached hydrogens (tertiary/aromatic N) is 4. The van der Waals surface area contributed by atoms with Crippen LogP contribution in [-0.2, 0) is 12.7 Å². The van der Waals surface area contributed by atoms with Crippen molar-refractivity contribution in [1.82, 2.24) is 19.5 Å². The number of benzene rings is 2. The smallest absolute Gasteiger partial charge is 0.475 e. The number of imidazole rings is 1. The maximum absolute atomic E-state index is 13.2. The van der Waals surface area contributed by atoms with Crippen molar-refractivity contribution >= 4 is 23.0 Å². The summed E-state index contributed by atoms with van der Waals surface area (Å²) < 4.78 is 83.6. The number of aromatic carboxylic acids is 1. The Bertz CT molecular complexity index is 1630. The number of hydrogen-bond donors (Lipinski definition) is 2. The number of ether oxygens (including phenoxy) is 1. The Morgan fingerprint density at radius 2 is 1.76 bits per heavy atom. The van der Waals surface area contributed by atoms with Crippen molar-refractivity contribution in [3.63, 3.8) is 0 Å². The van der Waals surface area contributed by atoms with Crippen molar-refractivity contribution in [2.45, 2.75) is 58.2 Å². The minimum atomic E-state index is -4.90. The van der Waals surface area contributed by atoms with Crippen LogP contribution in [0.4, 0.5) is 32.2 Å². The molecule has 0 unspecified atom stereocenters. The molecule has 1 atom stereocenters. The second kappa shape index (κ2) is 10.8. The predicted octanol–water partition coefficient (Wildman–Crippen LogP) is 7.07. The van der Waals surface area contributed by atoms with E-state index in [4.69, 9.17) is 0 Å². The van der Waals surface area contributed by atoms with Crippen molar-refractivity contribution in [3.05, 3.63) is 65.0 Å². The number of hydrogen-bond acceptors (Lipinski definition) is 6. The van der Waals surface area contributed by atoms with E-state index < -0.39 is 35.6 Å². The highest BCUT2D eigenvalue weighted by atomic mass is 19.4. The average molecular weight is 594 g/mol. The standard InChI is InChI=1S/C28H25F6N5O3/c1-14-12-19(42-28(32,33)34)10-11-20(14)25-38-23-21(39(25)13-16-6-8-18(9-7-16)27(29,30)31)22(36-24(37-23)26(40)41)35-15(2)17-4-3-5-17/h6-12,15,17H,3-5,13H2,1-2H3,(H,40,41)(H,35,36,37)/t15-/m1/s1. The second-order valence-corrected chi connectivity index (χ2v) is 10.2. The lowest BCUT2D eigenvalue weighted by Crippen LogP contribution is -2.31. The predicted molar refractivity (Wildman–Crippen MR) is 140 cm³/mol. The highest BCUT2D eigenvalue weighted by Gasteiger charge is 2.32. The van der Waals surface area contributed by atoms with Gasteiger partial charge in [-0.3, -0.25) is 0 Å². The zero-order valence-electron chi connectivity index (χ0n) is 22.3. The number of aryl methyl sites for hydroxylation is 1. The topological polar surface area (TPSA) is 102 Å². The number of carbonyl (C=O) groups is 1. The first kappa shape index (κ1) is 29.1. The van der Waals surface area contributed by atoms with Crippen LogP contribution in [0.2, 0.25) is 0 Å². The van der Waals surface area contributed by atoms with E-state index in [2.05, 4.69) is 25.0 Å². The first-order valence-corrected chi connectivity index (χ1v) is 13.0. The van der Waals surface area contributed by atoms with Crippen LogP contribution in [0, 0.1) is 12.8 Å². The van der Waals surface area contributed by atoms with Gasteiger partial charge in [0.1, 0.15) is 17.1 Å². The highest BCUT2D eigenvalue weighted by molar-refractivity contribution is 5.92. The molecule has 222 valence electrons.